The molecule has 0 aliphatic carbocycles. The smallest absolute Gasteiger partial charge is 0.250 e. The van der Waals surface area contributed by atoms with E-state index in [9.17, 15) is 14.9 Å². The maximum atomic E-state index is 11.0. The van der Waals surface area contributed by atoms with Gasteiger partial charge in [-0.25, -0.2) is 0 Å². The molecule has 0 bridgehead atoms. The highest BCUT2D eigenvalue weighted by Crippen LogP contribution is 1.96. The lowest BCUT2D eigenvalue weighted by molar-refractivity contribution is -0.400. The van der Waals surface area contributed by atoms with Crippen molar-refractivity contribution >= 4 is 6.08 Å². The van der Waals surface area contributed by atoms with E-state index in [1.165, 1.54) is 16.7 Å². The van der Waals surface area contributed by atoms with Crippen molar-refractivity contribution in [2.75, 3.05) is 0 Å². The average molecular weight is 180 g/mol. The molecule has 0 saturated heterocycles. The lowest BCUT2D eigenvalue weighted by Gasteiger charge is -1.95. The third-order valence-electron chi connectivity index (χ3n) is 1.52. The minimum absolute atomic E-state index is 0.189. The summed E-state index contributed by atoms with van der Waals surface area (Å²) in [6, 6.07) is 2.96. The minimum atomic E-state index is -0.572. The second-order valence-electron chi connectivity index (χ2n) is 2.51. The molecule has 0 atom stereocenters. The molecule has 0 saturated carbocycles. The van der Waals surface area contributed by atoms with E-state index in [0.717, 1.165) is 6.20 Å². The summed E-state index contributed by atoms with van der Waals surface area (Å²) in [6.45, 7) is 0. The fourth-order valence-corrected chi connectivity index (χ4v) is 0.814. The highest BCUT2D eigenvalue weighted by atomic mass is 16.6. The average Bonchev–Trinajstić information content (AvgIpc) is 2.07. The standard InChI is InChI=1S/C8H8N2O3/c1-9-4-2-7(6-8(9)11)3-5-10(12)13/h2-6H,1H3/b5-3+. The lowest BCUT2D eigenvalue weighted by Crippen LogP contribution is -2.14. The molecule has 1 heterocycles. The van der Waals surface area contributed by atoms with E-state index in [1.807, 2.05) is 0 Å². The zero-order chi connectivity index (χ0) is 9.84. The molecule has 1 aromatic heterocycles. The Morgan fingerprint density at radius 3 is 2.85 bits per heavy atom. The normalized spacial score (nSPS) is 10.5. The van der Waals surface area contributed by atoms with E-state index in [1.54, 1.807) is 19.3 Å². The number of nitro groups is 1. The molecule has 0 radical (unpaired) electrons. The van der Waals surface area contributed by atoms with Crippen LogP contribution < -0.4 is 5.56 Å². The fourth-order valence-electron chi connectivity index (χ4n) is 0.814. The Balaban J connectivity index is 2.98. The molecule has 5 heteroatoms. The first-order valence-electron chi connectivity index (χ1n) is 3.58. The van der Waals surface area contributed by atoms with Crippen molar-refractivity contribution in [1.29, 1.82) is 0 Å². The van der Waals surface area contributed by atoms with E-state index >= 15 is 0 Å². The Labute approximate surface area is 74.1 Å². The molecule has 0 unspecified atom stereocenters. The summed E-state index contributed by atoms with van der Waals surface area (Å²) < 4.78 is 1.39. The van der Waals surface area contributed by atoms with E-state index in [2.05, 4.69) is 0 Å². The van der Waals surface area contributed by atoms with Crippen LogP contribution in [0, 0.1) is 10.1 Å². The van der Waals surface area contributed by atoms with Gasteiger partial charge in [-0.15, -0.1) is 0 Å². The summed E-state index contributed by atoms with van der Waals surface area (Å²) >= 11 is 0. The predicted molar refractivity (Wildman–Crippen MR) is 47.7 cm³/mol. The Bertz CT molecular complexity index is 406. The van der Waals surface area contributed by atoms with Gasteiger partial charge in [-0.1, -0.05) is 0 Å². The Morgan fingerprint density at radius 1 is 1.62 bits per heavy atom. The Kier molecular flexibility index (Phi) is 2.59. The highest BCUT2D eigenvalue weighted by molar-refractivity contribution is 5.46. The molecule has 0 aliphatic rings. The second-order valence-corrected chi connectivity index (χ2v) is 2.51. The van der Waals surface area contributed by atoms with Gasteiger partial charge in [0.05, 0.1) is 4.92 Å². The summed E-state index contributed by atoms with van der Waals surface area (Å²) in [6.07, 6.45) is 3.64. The summed E-state index contributed by atoms with van der Waals surface area (Å²) in [5.74, 6) is 0. The number of rotatable bonds is 2. The van der Waals surface area contributed by atoms with Crippen LogP contribution in [0.25, 0.3) is 6.08 Å². The van der Waals surface area contributed by atoms with Gasteiger partial charge in [-0.3, -0.25) is 14.9 Å². The predicted octanol–water partition coefficient (Wildman–Crippen LogP) is 0.633. The quantitative estimate of drug-likeness (QED) is 0.495. The molecule has 68 valence electrons. The summed E-state index contributed by atoms with van der Waals surface area (Å²) in [7, 11) is 1.61. The third-order valence-corrected chi connectivity index (χ3v) is 1.52. The van der Waals surface area contributed by atoms with Crippen LogP contribution in [0.5, 0.6) is 0 Å². The van der Waals surface area contributed by atoms with Gasteiger partial charge in [0, 0.05) is 25.4 Å². The molecule has 0 amide bonds. The molecule has 0 spiro atoms. The zero-order valence-electron chi connectivity index (χ0n) is 7.01. The molecule has 5 nitrogen and oxygen atoms in total. The molecule has 13 heavy (non-hydrogen) atoms. The molecule has 0 aromatic carbocycles. The molecule has 0 aliphatic heterocycles. The van der Waals surface area contributed by atoms with Crippen molar-refractivity contribution < 1.29 is 4.92 Å². The first-order chi connectivity index (χ1) is 6.09. The number of hydrogen-bond acceptors (Lipinski definition) is 3. The second kappa shape index (κ2) is 3.66. The number of aromatic nitrogens is 1. The number of pyridine rings is 1. The van der Waals surface area contributed by atoms with Crippen molar-refractivity contribution in [3.8, 4) is 0 Å². The maximum absolute atomic E-state index is 11.0. The van der Waals surface area contributed by atoms with Gasteiger partial charge in [0.1, 0.15) is 0 Å². The van der Waals surface area contributed by atoms with Crippen molar-refractivity contribution in [2.24, 2.45) is 7.05 Å². The molecule has 1 rings (SSSR count). The number of aryl methyl sites for hydroxylation is 1. The first-order valence-corrected chi connectivity index (χ1v) is 3.58. The van der Waals surface area contributed by atoms with Gasteiger partial charge in [0.2, 0.25) is 6.20 Å². The van der Waals surface area contributed by atoms with Crippen LogP contribution >= 0.6 is 0 Å². The highest BCUT2D eigenvalue weighted by Gasteiger charge is 1.93. The largest absolute Gasteiger partial charge is 0.319 e. The van der Waals surface area contributed by atoms with Crippen molar-refractivity contribution in [1.82, 2.24) is 4.57 Å². The van der Waals surface area contributed by atoms with Crippen molar-refractivity contribution in [3.05, 3.63) is 50.6 Å². The van der Waals surface area contributed by atoms with Crippen LogP contribution in [0.4, 0.5) is 0 Å². The van der Waals surface area contributed by atoms with Crippen molar-refractivity contribution in [2.45, 2.75) is 0 Å². The third kappa shape index (κ3) is 2.55. The minimum Gasteiger partial charge on any atom is -0.319 e. The summed E-state index contributed by atoms with van der Waals surface area (Å²) in [4.78, 5) is 20.4. The lowest BCUT2D eigenvalue weighted by atomic mass is 10.2. The molecule has 1 aromatic rings. The molecular weight excluding hydrogens is 172 g/mol. The van der Waals surface area contributed by atoms with Gasteiger partial charge in [0.15, 0.2) is 0 Å². The van der Waals surface area contributed by atoms with Crippen LogP contribution in [0.2, 0.25) is 0 Å². The Hall–Kier alpha value is -1.91. The van der Waals surface area contributed by atoms with E-state index in [-0.39, 0.29) is 5.56 Å². The summed E-state index contributed by atoms with van der Waals surface area (Å²) in [5.41, 5.74) is 0.338. The van der Waals surface area contributed by atoms with Crippen LogP contribution in [-0.4, -0.2) is 9.49 Å². The number of hydrogen-bond donors (Lipinski definition) is 0. The van der Waals surface area contributed by atoms with Gasteiger partial charge in [-0.05, 0) is 11.6 Å². The van der Waals surface area contributed by atoms with E-state index < -0.39 is 4.92 Å². The number of nitrogens with zero attached hydrogens (tertiary/aromatic N) is 2. The van der Waals surface area contributed by atoms with E-state index in [4.69, 9.17) is 0 Å². The van der Waals surface area contributed by atoms with Gasteiger partial charge in [0.25, 0.3) is 5.56 Å². The van der Waals surface area contributed by atoms with Gasteiger partial charge >= 0.3 is 0 Å². The SMILES string of the molecule is Cn1ccc(/C=C/[N+](=O)[O-])cc1=O. The monoisotopic (exact) mass is 180 g/mol. The van der Waals surface area contributed by atoms with Crippen LogP contribution in [0.15, 0.2) is 29.3 Å². The maximum Gasteiger partial charge on any atom is 0.250 e. The van der Waals surface area contributed by atoms with Crippen LogP contribution in [0.3, 0.4) is 0 Å². The fraction of sp³-hybridized carbons (Fsp3) is 0.125. The van der Waals surface area contributed by atoms with Crippen LogP contribution in [-0.2, 0) is 7.05 Å². The topological polar surface area (TPSA) is 65.1 Å². The van der Waals surface area contributed by atoms with Gasteiger partial charge in [-0.2, -0.15) is 0 Å². The molecule has 0 N–H and O–H groups in total. The summed E-state index contributed by atoms with van der Waals surface area (Å²) in [5, 5.41) is 9.96. The van der Waals surface area contributed by atoms with Gasteiger partial charge < -0.3 is 4.57 Å². The van der Waals surface area contributed by atoms with Crippen molar-refractivity contribution in [3.63, 3.8) is 0 Å². The molecule has 0 fully saturated rings. The first kappa shape index (κ1) is 9.18. The van der Waals surface area contributed by atoms with Crippen LogP contribution in [0.1, 0.15) is 5.56 Å². The van der Waals surface area contributed by atoms with E-state index in [0.29, 0.717) is 5.56 Å². The Morgan fingerprint density at radius 2 is 2.31 bits per heavy atom. The zero-order valence-corrected chi connectivity index (χ0v) is 7.01. The molecular formula is C8H8N2O3.